The number of nitrogens with zero attached hydrogens (tertiary/aromatic N) is 1. The van der Waals surface area contributed by atoms with Gasteiger partial charge in [-0.2, -0.15) is 0 Å². The second-order valence-corrected chi connectivity index (χ2v) is 8.35. The molecular weight excluding hydrogens is 498 g/mol. The van der Waals surface area contributed by atoms with E-state index < -0.39 is 72.9 Å². The second-order valence-electron chi connectivity index (χ2n) is 8.35. The average molecular weight is 534 g/mol. The molecule has 0 saturated heterocycles. The van der Waals surface area contributed by atoms with E-state index in [-0.39, 0.29) is 32.8 Å². The molecule has 37 heavy (non-hydrogen) atoms. The summed E-state index contributed by atoms with van der Waals surface area (Å²) >= 11 is 0. The first kappa shape index (κ1) is 33.2. The Labute approximate surface area is 214 Å². The fraction of sp³-hybridized carbons (Fsp3) is 0.682. The van der Waals surface area contributed by atoms with Crippen LogP contribution >= 0.6 is 0 Å². The molecule has 0 unspecified atom stereocenters. The normalized spacial score (nSPS) is 10.8. The predicted octanol–water partition coefficient (Wildman–Crippen LogP) is -0.989. The molecule has 0 aromatic heterocycles. The quantitative estimate of drug-likeness (QED) is 0.124. The van der Waals surface area contributed by atoms with Gasteiger partial charge in [-0.25, -0.2) is 14.4 Å². The number of nitrogens with one attached hydrogen (secondary N) is 2. The van der Waals surface area contributed by atoms with Crippen LogP contribution in [0.3, 0.4) is 0 Å². The molecule has 0 saturated carbocycles. The van der Waals surface area contributed by atoms with Crippen LogP contribution in [-0.2, 0) is 47.7 Å². The highest BCUT2D eigenvalue weighted by molar-refractivity contribution is 6.03. The smallest absolute Gasteiger partial charge is 0.411 e. The topological polar surface area (TPSA) is 204 Å². The number of carbonyl (C=O) groups is 7. The number of rotatable bonds is 16. The molecule has 0 fully saturated rings. The molecule has 0 radical (unpaired) electrons. The van der Waals surface area contributed by atoms with Crippen molar-refractivity contribution < 1.29 is 57.6 Å². The van der Waals surface area contributed by atoms with Crippen LogP contribution in [0.2, 0.25) is 0 Å². The molecule has 0 aliphatic carbocycles. The zero-order valence-corrected chi connectivity index (χ0v) is 21.6. The van der Waals surface area contributed by atoms with Crippen molar-refractivity contribution in [2.45, 2.75) is 52.7 Å². The Bertz CT molecular complexity index is 819. The Morgan fingerprint density at radius 3 is 1.92 bits per heavy atom. The van der Waals surface area contributed by atoms with E-state index >= 15 is 0 Å². The van der Waals surface area contributed by atoms with Crippen LogP contribution in [0.5, 0.6) is 0 Å². The molecule has 0 heterocycles. The molecule has 0 rings (SSSR count). The summed E-state index contributed by atoms with van der Waals surface area (Å²) in [5, 5.41) is 13.0. The van der Waals surface area contributed by atoms with Crippen LogP contribution in [0, 0.1) is 0 Å². The average Bonchev–Trinajstić information content (AvgIpc) is 2.75. The number of amides is 2. The van der Waals surface area contributed by atoms with Crippen LogP contribution in [0.15, 0.2) is 0 Å². The van der Waals surface area contributed by atoms with Gasteiger partial charge >= 0.3 is 30.0 Å². The third kappa shape index (κ3) is 15.8. The van der Waals surface area contributed by atoms with Gasteiger partial charge in [-0.15, -0.1) is 0 Å². The molecular formula is C22H35N3O12. The minimum atomic E-state index is -1.78. The van der Waals surface area contributed by atoms with E-state index in [2.05, 4.69) is 10.6 Å². The van der Waals surface area contributed by atoms with Crippen LogP contribution < -0.4 is 10.6 Å². The van der Waals surface area contributed by atoms with E-state index in [0.29, 0.717) is 0 Å². The van der Waals surface area contributed by atoms with Gasteiger partial charge in [0.25, 0.3) is 0 Å². The van der Waals surface area contributed by atoms with Gasteiger partial charge in [0, 0.05) is 6.42 Å². The van der Waals surface area contributed by atoms with Crippen molar-refractivity contribution in [2.75, 3.05) is 46.0 Å². The highest BCUT2D eigenvalue weighted by Crippen LogP contribution is 2.10. The number of carboxylic acid groups (broad SMARTS) is 1. The summed E-state index contributed by atoms with van der Waals surface area (Å²) in [5.74, 6) is -5.65. The van der Waals surface area contributed by atoms with Gasteiger partial charge in [0.1, 0.15) is 12.1 Å². The Morgan fingerprint density at radius 1 is 0.865 bits per heavy atom. The Morgan fingerprint density at radius 2 is 1.43 bits per heavy atom. The van der Waals surface area contributed by atoms with Gasteiger partial charge in [-0.05, 0) is 34.6 Å². The van der Waals surface area contributed by atoms with Crippen molar-refractivity contribution in [2.24, 2.45) is 0 Å². The lowest BCUT2D eigenvalue weighted by Crippen LogP contribution is -2.52. The summed E-state index contributed by atoms with van der Waals surface area (Å²) in [6.45, 7) is 5.03. The number of aliphatic carboxylic acids is 1. The standard InChI is InChI=1S/C22H35N3O12/c1-6-34-19(31)18(20(32)35-7-2)24-15(27)13-25(21(33)37-22(3,4)5)12-14(26)8-9-36-17(30)11-23-10-16(28)29/h18,23H,6-13H2,1-5H3,(H,24,27)(H,28,29). The fourth-order valence-corrected chi connectivity index (χ4v) is 2.45. The van der Waals surface area contributed by atoms with E-state index in [9.17, 15) is 33.6 Å². The monoisotopic (exact) mass is 533 g/mol. The van der Waals surface area contributed by atoms with Gasteiger partial charge in [0.2, 0.25) is 11.9 Å². The summed E-state index contributed by atoms with van der Waals surface area (Å²) in [7, 11) is 0. The fourth-order valence-electron chi connectivity index (χ4n) is 2.45. The summed E-state index contributed by atoms with van der Waals surface area (Å²) in [6, 6.07) is -1.78. The number of hydrogen-bond acceptors (Lipinski definition) is 12. The number of carbonyl (C=O) groups excluding carboxylic acids is 6. The SMILES string of the molecule is CCOC(=O)C(NC(=O)CN(CC(=O)CCOC(=O)CNCC(=O)O)C(=O)OC(C)(C)C)C(=O)OCC. The molecule has 15 heteroatoms. The van der Waals surface area contributed by atoms with Crippen molar-refractivity contribution in [3.63, 3.8) is 0 Å². The zero-order valence-electron chi connectivity index (χ0n) is 21.6. The van der Waals surface area contributed by atoms with E-state index in [1.165, 1.54) is 13.8 Å². The summed E-state index contributed by atoms with van der Waals surface area (Å²) < 4.78 is 19.6. The largest absolute Gasteiger partial charge is 0.480 e. The Balaban J connectivity index is 5.20. The molecule has 0 aliphatic rings. The van der Waals surface area contributed by atoms with Crippen molar-refractivity contribution in [1.29, 1.82) is 0 Å². The molecule has 15 nitrogen and oxygen atoms in total. The molecule has 0 aromatic rings. The van der Waals surface area contributed by atoms with Crippen LogP contribution in [0.25, 0.3) is 0 Å². The van der Waals surface area contributed by atoms with Gasteiger partial charge < -0.3 is 29.4 Å². The minimum Gasteiger partial charge on any atom is -0.480 e. The van der Waals surface area contributed by atoms with E-state index in [0.717, 1.165) is 4.90 Å². The van der Waals surface area contributed by atoms with Crippen molar-refractivity contribution in [3.8, 4) is 0 Å². The summed E-state index contributed by atoms with van der Waals surface area (Å²) in [5.41, 5.74) is -0.967. The van der Waals surface area contributed by atoms with Crippen molar-refractivity contribution in [1.82, 2.24) is 15.5 Å². The maximum Gasteiger partial charge on any atom is 0.411 e. The molecule has 2 amide bonds. The molecule has 3 N–H and O–H groups in total. The van der Waals surface area contributed by atoms with Crippen LogP contribution in [0.4, 0.5) is 4.79 Å². The highest BCUT2D eigenvalue weighted by atomic mass is 16.6. The van der Waals surface area contributed by atoms with Gasteiger partial charge in [-0.3, -0.25) is 29.4 Å². The predicted molar refractivity (Wildman–Crippen MR) is 124 cm³/mol. The molecule has 0 spiro atoms. The Kier molecular flexibility index (Phi) is 15.1. The first-order valence-electron chi connectivity index (χ1n) is 11.4. The first-order chi connectivity index (χ1) is 17.2. The van der Waals surface area contributed by atoms with E-state index in [1.807, 2.05) is 0 Å². The molecule has 210 valence electrons. The van der Waals surface area contributed by atoms with Gasteiger partial charge in [0.15, 0.2) is 5.78 Å². The minimum absolute atomic E-state index is 0.0661. The lowest BCUT2D eigenvalue weighted by Gasteiger charge is -2.27. The lowest BCUT2D eigenvalue weighted by molar-refractivity contribution is -0.159. The molecule has 0 aromatic carbocycles. The van der Waals surface area contributed by atoms with E-state index in [4.69, 9.17) is 24.1 Å². The maximum atomic E-state index is 12.6. The Hall–Kier alpha value is -3.75. The van der Waals surface area contributed by atoms with Crippen molar-refractivity contribution >= 4 is 41.7 Å². The molecule has 0 aliphatic heterocycles. The third-order valence-corrected chi connectivity index (χ3v) is 3.89. The summed E-state index contributed by atoms with van der Waals surface area (Å²) in [6.07, 6.45) is -1.34. The molecule has 0 atom stereocenters. The number of carboxylic acids is 1. The van der Waals surface area contributed by atoms with Crippen LogP contribution in [0.1, 0.15) is 41.0 Å². The van der Waals surface area contributed by atoms with E-state index in [1.54, 1.807) is 20.8 Å². The maximum absolute atomic E-state index is 12.6. The third-order valence-electron chi connectivity index (χ3n) is 3.89. The number of Topliss-reactive ketones (excluding diaryl/α,β-unsaturated/α-hetero) is 1. The molecule has 0 bridgehead atoms. The second kappa shape index (κ2) is 16.8. The highest BCUT2D eigenvalue weighted by Gasteiger charge is 2.33. The first-order valence-corrected chi connectivity index (χ1v) is 11.4. The number of ether oxygens (including phenoxy) is 4. The summed E-state index contributed by atoms with van der Waals surface area (Å²) in [4.78, 5) is 84.4. The lowest BCUT2D eigenvalue weighted by atomic mass is 10.2. The number of ketones is 1. The number of esters is 3. The van der Waals surface area contributed by atoms with Crippen molar-refractivity contribution in [3.05, 3.63) is 0 Å². The van der Waals surface area contributed by atoms with Crippen LogP contribution in [-0.4, -0.2) is 109 Å². The van der Waals surface area contributed by atoms with Gasteiger partial charge in [-0.1, -0.05) is 0 Å². The zero-order chi connectivity index (χ0) is 28.6. The number of hydrogen-bond donors (Lipinski definition) is 3. The van der Waals surface area contributed by atoms with Gasteiger partial charge in [0.05, 0.1) is 39.5 Å².